The van der Waals surface area contributed by atoms with E-state index in [9.17, 15) is 23.1 Å². The molecule has 0 spiro atoms. The second kappa shape index (κ2) is 6.15. The lowest BCUT2D eigenvalue weighted by molar-refractivity contribution is -0.138. The maximum atomic E-state index is 13.0. The zero-order chi connectivity index (χ0) is 17.4. The summed E-state index contributed by atoms with van der Waals surface area (Å²) in [6.07, 6.45) is -4.71. The normalized spacial score (nSPS) is 22.6. The van der Waals surface area contributed by atoms with Crippen molar-refractivity contribution in [3.8, 4) is 0 Å². The molecule has 0 saturated heterocycles. The molecule has 1 aromatic rings. The Labute approximate surface area is 133 Å². The number of alkyl halides is 3. The van der Waals surface area contributed by atoms with Crippen LogP contribution in [0.3, 0.4) is 0 Å². The van der Waals surface area contributed by atoms with E-state index >= 15 is 0 Å². The summed E-state index contributed by atoms with van der Waals surface area (Å²) < 4.78 is 39.0. The SMILES string of the molecule is CC(C)(C)C(O)CNC(=O)C1CC1c1ccccc1C(F)(F)F. The number of aliphatic hydroxyl groups excluding tert-OH is 1. The van der Waals surface area contributed by atoms with Gasteiger partial charge in [0.1, 0.15) is 0 Å². The molecule has 0 aliphatic heterocycles. The van der Waals surface area contributed by atoms with E-state index in [1.165, 1.54) is 12.1 Å². The maximum Gasteiger partial charge on any atom is 0.416 e. The van der Waals surface area contributed by atoms with Crippen molar-refractivity contribution in [2.45, 2.75) is 45.4 Å². The maximum absolute atomic E-state index is 13.0. The molecule has 3 atom stereocenters. The molecule has 3 unspecified atom stereocenters. The van der Waals surface area contributed by atoms with Crippen molar-refractivity contribution >= 4 is 5.91 Å². The summed E-state index contributed by atoms with van der Waals surface area (Å²) in [6.45, 7) is 5.66. The molecular formula is C17H22F3NO2. The molecule has 23 heavy (non-hydrogen) atoms. The zero-order valence-electron chi connectivity index (χ0n) is 13.4. The number of rotatable bonds is 4. The van der Waals surface area contributed by atoms with Crippen molar-refractivity contribution in [3.05, 3.63) is 35.4 Å². The fourth-order valence-corrected chi connectivity index (χ4v) is 2.54. The summed E-state index contributed by atoms with van der Waals surface area (Å²) in [5.74, 6) is -1.15. The highest BCUT2D eigenvalue weighted by atomic mass is 19.4. The molecule has 0 aromatic heterocycles. The van der Waals surface area contributed by atoms with Crippen LogP contribution in [0.25, 0.3) is 0 Å². The first-order valence-electron chi connectivity index (χ1n) is 7.63. The van der Waals surface area contributed by atoms with Crippen molar-refractivity contribution in [2.75, 3.05) is 6.54 Å². The Hall–Kier alpha value is -1.56. The van der Waals surface area contributed by atoms with Crippen LogP contribution in [0.5, 0.6) is 0 Å². The molecule has 1 saturated carbocycles. The van der Waals surface area contributed by atoms with E-state index < -0.39 is 29.7 Å². The topological polar surface area (TPSA) is 49.3 Å². The zero-order valence-corrected chi connectivity index (χ0v) is 13.4. The molecule has 1 aliphatic carbocycles. The summed E-state index contributed by atoms with van der Waals surface area (Å²) in [5, 5.41) is 12.5. The van der Waals surface area contributed by atoms with Crippen molar-refractivity contribution in [2.24, 2.45) is 11.3 Å². The minimum absolute atomic E-state index is 0.104. The number of carbonyl (C=O) groups is 1. The van der Waals surface area contributed by atoms with Crippen molar-refractivity contribution in [3.63, 3.8) is 0 Å². The highest BCUT2D eigenvalue weighted by Crippen LogP contribution is 2.51. The van der Waals surface area contributed by atoms with E-state index in [0.29, 0.717) is 6.42 Å². The van der Waals surface area contributed by atoms with Crippen LogP contribution in [-0.2, 0) is 11.0 Å². The Bertz CT molecular complexity index is 578. The molecule has 1 amide bonds. The standard InChI is InChI=1S/C17H22F3NO2/c1-16(2,3)14(22)9-21-15(23)12-8-11(12)10-6-4-5-7-13(10)17(18,19)20/h4-7,11-12,14,22H,8-9H2,1-3H3,(H,21,23). The summed E-state index contributed by atoms with van der Waals surface area (Å²) in [5.41, 5.74) is -0.856. The number of hydrogen-bond acceptors (Lipinski definition) is 2. The van der Waals surface area contributed by atoms with Gasteiger partial charge in [0.2, 0.25) is 5.91 Å². The van der Waals surface area contributed by atoms with Crippen molar-refractivity contribution in [1.82, 2.24) is 5.32 Å². The average Bonchev–Trinajstić information content (AvgIpc) is 3.22. The highest BCUT2D eigenvalue weighted by Gasteiger charge is 2.47. The average molecular weight is 329 g/mol. The summed E-state index contributed by atoms with van der Waals surface area (Å²) >= 11 is 0. The molecule has 128 valence electrons. The Kier molecular flexibility index (Phi) is 4.76. The lowest BCUT2D eigenvalue weighted by atomic mass is 9.89. The lowest BCUT2D eigenvalue weighted by Crippen LogP contribution is -2.39. The summed E-state index contributed by atoms with van der Waals surface area (Å²) in [6, 6.07) is 5.39. The smallest absolute Gasteiger partial charge is 0.391 e. The van der Waals surface area contributed by atoms with Gasteiger partial charge in [-0.3, -0.25) is 4.79 Å². The van der Waals surface area contributed by atoms with Crippen LogP contribution in [0.15, 0.2) is 24.3 Å². The van der Waals surface area contributed by atoms with Gasteiger partial charge >= 0.3 is 6.18 Å². The third kappa shape index (κ3) is 4.25. The van der Waals surface area contributed by atoms with Gasteiger partial charge in [-0.25, -0.2) is 0 Å². The van der Waals surface area contributed by atoms with Crippen LogP contribution in [0, 0.1) is 11.3 Å². The number of aliphatic hydroxyl groups is 1. The molecule has 2 N–H and O–H groups in total. The predicted molar refractivity (Wildman–Crippen MR) is 80.8 cm³/mol. The number of halogens is 3. The van der Waals surface area contributed by atoms with Gasteiger partial charge in [-0.15, -0.1) is 0 Å². The molecule has 0 heterocycles. The predicted octanol–water partition coefficient (Wildman–Crippen LogP) is 3.33. The molecule has 1 aliphatic rings. The third-order valence-electron chi connectivity index (χ3n) is 4.26. The monoisotopic (exact) mass is 329 g/mol. The minimum atomic E-state index is -4.41. The largest absolute Gasteiger partial charge is 0.416 e. The Morgan fingerprint density at radius 3 is 2.48 bits per heavy atom. The Morgan fingerprint density at radius 1 is 1.30 bits per heavy atom. The summed E-state index contributed by atoms with van der Waals surface area (Å²) in [4.78, 5) is 12.1. The number of benzene rings is 1. The Balaban J connectivity index is 1.99. The van der Waals surface area contributed by atoms with E-state index in [4.69, 9.17) is 0 Å². The van der Waals surface area contributed by atoms with Crippen LogP contribution in [0.1, 0.15) is 44.2 Å². The van der Waals surface area contributed by atoms with E-state index in [2.05, 4.69) is 5.32 Å². The lowest BCUT2D eigenvalue weighted by Gasteiger charge is -2.25. The second-order valence-electron chi connectivity index (χ2n) is 7.16. The van der Waals surface area contributed by atoms with Gasteiger partial charge < -0.3 is 10.4 Å². The van der Waals surface area contributed by atoms with Crippen LogP contribution in [0.4, 0.5) is 13.2 Å². The molecule has 1 aromatic carbocycles. The van der Waals surface area contributed by atoms with Gasteiger partial charge in [-0.2, -0.15) is 13.2 Å². The molecule has 1 fully saturated rings. The van der Waals surface area contributed by atoms with Gasteiger partial charge in [0.05, 0.1) is 11.7 Å². The molecule has 3 nitrogen and oxygen atoms in total. The van der Waals surface area contributed by atoms with Crippen molar-refractivity contribution in [1.29, 1.82) is 0 Å². The molecule has 2 rings (SSSR count). The van der Waals surface area contributed by atoms with Gasteiger partial charge in [0.25, 0.3) is 0 Å². The molecular weight excluding hydrogens is 307 g/mol. The van der Waals surface area contributed by atoms with Gasteiger partial charge in [-0.1, -0.05) is 39.0 Å². The van der Waals surface area contributed by atoms with Crippen LogP contribution >= 0.6 is 0 Å². The minimum Gasteiger partial charge on any atom is -0.391 e. The Morgan fingerprint density at radius 2 is 1.91 bits per heavy atom. The van der Waals surface area contributed by atoms with Crippen LogP contribution < -0.4 is 5.32 Å². The second-order valence-corrected chi connectivity index (χ2v) is 7.16. The fourth-order valence-electron chi connectivity index (χ4n) is 2.54. The first kappa shape index (κ1) is 17.8. The van der Waals surface area contributed by atoms with E-state index in [0.717, 1.165) is 6.07 Å². The van der Waals surface area contributed by atoms with Crippen molar-refractivity contribution < 1.29 is 23.1 Å². The van der Waals surface area contributed by atoms with E-state index in [-0.39, 0.29) is 23.4 Å². The highest BCUT2D eigenvalue weighted by molar-refractivity contribution is 5.83. The molecule has 0 bridgehead atoms. The molecule has 6 heteroatoms. The van der Waals surface area contributed by atoms with Crippen LogP contribution in [0.2, 0.25) is 0 Å². The number of nitrogens with one attached hydrogen (secondary N) is 1. The van der Waals surface area contributed by atoms with Gasteiger partial charge in [0, 0.05) is 12.5 Å². The van der Waals surface area contributed by atoms with Gasteiger partial charge in [-0.05, 0) is 29.4 Å². The third-order valence-corrected chi connectivity index (χ3v) is 4.26. The first-order valence-corrected chi connectivity index (χ1v) is 7.63. The first-order chi connectivity index (χ1) is 10.5. The quantitative estimate of drug-likeness (QED) is 0.890. The van der Waals surface area contributed by atoms with E-state index in [1.54, 1.807) is 6.07 Å². The summed E-state index contributed by atoms with van der Waals surface area (Å²) in [7, 11) is 0. The van der Waals surface area contributed by atoms with Gasteiger partial charge in [0.15, 0.2) is 0 Å². The van der Waals surface area contributed by atoms with E-state index in [1.807, 2.05) is 20.8 Å². The fraction of sp³-hybridized carbons (Fsp3) is 0.588. The number of hydrogen-bond donors (Lipinski definition) is 2. The molecule has 0 radical (unpaired) electrons. The van der Waals surface area contributed by atoms with Crippen LogP contribution in [-0.4, -0.2) is 23.7 Å². The number of carbonyl (C=O) groups excluding carboxylic acids is 1. The number of amides is 1.